The van der Waals surface area contributed by atoms with Crippen LogP contribution in [0.5, 0.6) is 0 Å². The van der Waals surface area contributed by atoms with Crippen LogP contribution in [0.25, 0.3) is 11.0 Å². The molecule has 3 heterocycles. The lowest BCUT2D eigenvalue weighted by Gasteiger charge is -2.34. The number of H-pyrrole nitrogens is 1. The lowest BCUT2D eigenvalue weighted by Crippen LogP contribution is -2.45. The molecule has 3 aromatic rings. The van der Waals surface area contributed by atoms with Crippen molar-refractivity contribution in [2.24, 2.45) is 0 Å². The van der Waals surface area contributed by atoms with Crippen LogP contribution in [0.1, 0.15) is 18.6 Å². The van der Waals surface area contributed by atoms with Crippen LogP contribution in [0.2, 0.25) is 0 Å². The molecule has 0 amide bonds. The van der Waals surface area contributed by atoms with Crippen molar-refractivity contribution in [1.29, 1.82) is 0 Å². The lowest BCUT2D eigenvalue weighted by atomic mass is 10.3. The molecule has 1 aliphatic rings. The van der Waals surface area contributed by atoms with Gasteiger partial charge in [-0.05, 0) is 19.1 Å². The van der Waals surface area contributed by atoms with E-state index in [4.69, 9.17) is 0 Å². The third kappa shape index (κ3) is 3.43. The van der Waals surface area contributed by atoms with Gasteiger partial charge in [0.2, 0.25) is 0 Å². The molecular weight excluding hydrogens is 319 g/mol. The maximum atomic E-state index is 13.8. The third-order valence-corrected chi connectivity index (χ3v) is 4.86. The van der Waals surface area contributed by atoms with Crippen LogP contribution in [0.3, 0.4) is 0 Å². The molecule has 1 N–H and O–H groups in total. The summed E-state index contributed by atoms with van der Waals surface area (Å²) in [6.45, 7) is 8.68. The molecule has 1 aromatic carbocycles. The fraction of sp³-hybridized carbons (Fsp3) is 0.444. The Morgan fingerprint density at radius 1 is 1.12 bits per heavy atom. The SMILES string of the molecule is CCn1ccnc1CN1CCN(Cc2nc3c(F)cccc3[nH]2)CC1. The summed E-state index contributed by atoms with van der Waals surface area (Å²) in [4.78, 5) is 16.9. The number of benzene rings is 1. The monoisotopic (exact) mass is 342 g/mol. The predicted octanol–water partition coefficient (Wildman–Crippen LogP) is 2.24. The Hall–Kier alpha value is -2.25. The highest BCUT2D eigenvalue weighted by Gasteiger charge is 2.19. The van der Waals surface area contributed by atoms with E-state index in [2.05, 4.69) is 36.2 Å². The van der Waals surface area contributed by atoms with E-state index in [1.54, 1.807) is 6.07 Å². The first-order chi connectivity index (χ1) is 12.2. The van der Waals surface area contributed by atoms with Crippen LogP contribution in [-0.4, -0.2) is 55.5 Å². The van der Waals surface area contributed by atoms with Crippen molar-refractivity contribution >= 4 is 11.0 Å². The molecule has 132 valence electrons. The second kappa shape index (κ2) is 6.93. The summed E-state index contributed by atoms with van der Waals surface area (Å²) in [7, 11) is 0. The average Bonchev–Trinajstić information content (AvgIpc) is 3.23. The summed E-state index contributed by atoms with van der Waals surface area (Å²) >= 11 is 0. The number of aromatic nitrogens is 4. The van der Waals surface area contributed by atoms with E-state index in [0.717, 1.165) is 63.0 Å². The molecule has 0 radical (unpaired) electrons. The van der Waals surface area contributed by atoms with Crippen LogP contribution >= 0.6 is 0 Å². The van der Waals surface area contributed by atoms with Gasteiger partial charge in [-0.2, -0.15) is 0 Å². The number of rotatable bonds is 5. The van der Waals surface area contributed by atoms with Gasteiger partial charge in [-0.15, -0.1) is 0 Å². The molecule has 4 rings (SSSR count). The Labute approximate surface area is 146 Å². The Balaban J connectivity index is 1.34. The van der Waals surface area contributed by atoms with Gasteiger partial charge in [0, 0.05) is 45.1 Å². The molecule has 0 atom stereocenters. The molecule has 0 bridgehead atoms. The minimum absolute atomic E-state index is 0.267. The first kappa shape index (κ1) is 16.2. The van der Waals surface area contributed by atoms with Gasteiger partial charge in [-0.3, -0.25) is 9.80 Å². The summed E-state index contributed by atoms with van der Waals surface area (Å²) < 4.78 is 16.0. The molecule has 7 heteroatoms. The molecular formula is C18H23FN6. The smallest absolute Gasteiger partial charge is 0.151 e. The highest BCUT2D eigenvalue weighted by molar-refractivity contribution is 5.75. The molecule has 0 saturated carbocycles. The fourth-order valence-electron chi connectivity index (χ4n) is 3.42. The number of nitrogens with one attached hydrogen (secondary N) is 1. The molecule has 25 heavy (non-hydrogen) atoms. The normalized spacial score (nSPS) is 16.7. The van der Waals surface area contributed by atoms with Gasteiger partial charge in [0.15, 0.2) is 5.82 Å². The van der Waals surface area contributed by atoms with E-state index in [-0.39, 0.29) is 5.82 Å². The zero-order valence-corrected chi connectivity index (χ0v) is 14.5. The number of para-hydroxylation sites is 1. The number of imidazole rings is 2. The molecule has 2 aromatic heterocycles. The standard InChI is InChI=1S/C18H23FN6/c1-2-25-7-6-20-17(25)13-24-10-8-23(9-11-24)12-16-21-15-5-3-4-14(19)18(15)22-16/h3-7H,2,8-13H2,1H3,(H,21,22). The zero-order valence-electron chi connectivity index (χ0n) is 14.5. The Morgan fingerprint density at radius 2 is 1.88 bits per heavy atom. The second-order valence-corrected chi connectivity index (χ2v) is 6.50. The van der Waals surface area contributed by atoms with E-state index in [1.807, 2.05) is 18.5 Å². The first-order valence-corrected chi connectivity index (χ1v) is 8.80. The topological polar surface area (TPSA) is 53.0 Å². The Bertz CT molecular complexity index is 846. The van der Waals surface area contributed by atoms with E-state index in [9.17, 15) is 4.39 Å². The molecule has 0 aliphatic carbocycles. The van der Waals surface area contributed by atoms with Gasteiger partial charge < -0.3 is 9.55 Å². The molecule has 1 saturated heterocycles. The summed E-state index contributed by atoms with van der Waals surface area (Å²) in [5, 5.41) is 0. The highest BCUT2D eigenvalue weighted by atomic mass is 19.1. The van der Waals surface area contributed by atoms with Gasteiger partial charge in [0.25, 0.3) is 0 Å². The first-order valence-electron chi connectivity index (χ1n) is 8.80. The van der Waals surface area contributed by atoms with Crippen LogP contribution < -0.4 is 0 Å². The van der Waals surface area contributed by atoms with Crippen LogP contribution in [0.15, 0.2) is 30.6 Å². The molecule has 0 unspecified atom stereocenters. The number of halogens is 1. The number of nitrogens with zero attached hydrogens (tertiary/aromatic N) is 5. The number of hydrogen-bond donors (Lipinski definition) is 1. The number of hydrogen-bond acceptors (Lipinski definition) is 4. The lowest BCUT2D eigenvalue weighted by molar-refractivity contribution is 0.117. The number of aryl methyl sites for hydroxylation is 1. The van der Waals surface area contributed by atoms with Gasteiger partial charge in [0.1, 0.15) is 17.2 Å². The molecule has 0 spiro atoms. The minimum Gasteiger partial charge on any atom is -0.341 e. The van der Waals surface area contributed by atoms with Crippen LogP contribution in [0, 0.1) is 5.82 Å². The van der Waals surface area contributed by atoms with Gasteiger partial charge >= 0.3 is 0 Å². The molecule has 1 aliphatic heterocycles. The number of fused-ring (bicyclic) bond motifs is 1. The largest absolute Gasteiger partial charge is 0.341 e. The summed E-state index contributed by atoms with van der Waals surface area (Å²) in [5.41, 5.74) is 1.20. The third-order valence-electron chi connectivity index (χ3n) is 4.86. The van der Waals surface area contributed by atoms with Crippen LogP contribution in [-0.2, 0) is 19.6 Å². The van der Waals surface area contributed by atoms with Crippen molar-refractivity contribution in [2.45, 2.75) is 26.6 Å². The van der Waals surface area contributed by atoms with Crippen LogP contribution in [0.4, 0.5) is 4.39 Å². The van der Waals surface area contributed by atoms with E-state index < -0.39 is 0 Å². The maximum absolute atomic E-state index is 13.8. The predicted molar refractivity (Wildman–Crippen MR) is 94.5 cm³/mol. The van der Waals surface area contributed by atoms with Crippen molar-refractivity contribution in [3.63, 3.8) is 0 Å². The summed E-state index contributed by atoms with van der Waals surface area (Å²) in [5.74, 6) is 1.69. The zero-order chi connectivity index (χ0) is 17.2. The number of piperazine rings is 1. The van der Waals surface area contributed by atoms with Crippen molar-refractivity contribution in [1.82, 2.24) is 29.3 Å². The highest BCUT2D eigenvalue weighted by Crippen LogP contribution is 2.16. The maximum Gasteiger partial charge on any atom is 0.151 e. The van der Waals surface area contributed by atoms with E-state index >= 15 is 0 Å². The van der Waals surface area contributed by atoms with Gasteiger partial charge in [-0.25, -0.2) is 14.4 Å². The Morgan fingerprint density at radius 3 is 2.60 bits per heavy atom. The quantitative estimate of drug-likeness (QED) is 0.773. The summed E-state index contributed by atoms with van der Waals surface area (Å²) in [6, 6.07) is 5.02. The molecule has 1 fully saturated rings. The second-order valence-electron chi connectivity index (χ2n) is 6.50. The van der Waals surface area contributed by atoms with Crippen molar-refractivity contribution in [3.8, 4) is 0 Å². The number of aromatic amines is 1. The summed E-state index contributed by atoms with van der Waals surface area (Å²) in [6.07, 6.45) is 3.90. The van der Waals surface area contributed by atoms with E-state index in [1.165, 1.54) is 6.07 Å². The average molecular weight is 342 g/mol. The van der Waals surface area contributed by atoms with Crippen molar-refractivity contribution in [3.05, 3.63) is 48.1 Å². The van der Waals surface area contributed by atoms with Gasteiger partial charge in [0.05, 0.1) is 18.6 Å². The van der Waals surface area contributed by atoms with E-state index in [0.29, 0.717) is 5.52 Å². The van der Waals surface area contributed by atoms with Gasteiger partial charge in [-0.1, -0.05) is 6.07 Å². The van der Waals surface area contributed by atoms with Crippen molar-refractivity contribution in [2.75, 3.05) is 26.2 Å². The minimum atomic E-state index is -0.267. The Kier molecular flexibility index (Phi) is 4.50. The fourth-order valence-corrected chi connectivity index (χ4v) is 3.42. The molecule has 6 nitrogen and oxygen atoms in total. The van der Waals surface area contributed by atoms with Crippen molar-refractivity contribution < 1.29 is 4.39 Å².